The molecule has 0 bridgehead atoms. The largest absolute Gasteiger partial charge is 0.496 e. The summed E-state index contributed by atoms with van der Waals surface area (Å²) >= 11 is 0. The van der Waals surface area contributed by atoms with Gasteiger partial charge < -0.3 is 19.2 Å². The van der Waals surface area contributed by atoms with Gasteiger partial charge in [-0.1, -0.05) is 19.3 Å². The molecule has 5 aromatic rings. The lowest BCUT2D eigenvalue weighted by Crippen LogP contribution is -2.52. The first-order valence-corrected chi connectivity index (χ1v) is 16.5. The van der Waals surface area contributed by atoms with Gasteiger partial charge in [0.2, 0.25) is 5.95 Å². The summed E-state index contributed by atoms with van der Waals surface area (Å²) in [7, 11) is 3.57. The molecule has 0 radical (unpaired) electrons. The van der Waals surface area contributed by atoms with Crippen LogP contribution in [-0.2, 0) is 17.4 Å². The molecule has 0 unspecified atom stereocenters. The van der Waals surface area contributed by atoms with Crippen LogP contribution in [0, 0.1) is 12.9 Å². The SMILES string of the molecule is COc1cc2nc(C3(NC(=O)c4ccc5c(c4)c(C)c(-c4ccc(F)nc4)n5C4CCCCC4)CCC3)n(C)c2cc1/C=C/C(C)=O. The highest BCUT2D eigenvalue weighted by atomic mass is 19.1. The van der Waals surface area contributed by atoms with Crippen molar-refractivity contribution in [2.75, 3.05) is 7.11 Å². The van der Waals surface area contributed by atoms with Gasteiger partial charge >= 0.3 is 0 Å². The molecule has 0 aliphatic heterocycles. The summed E-state index contributed by atoms with van der Waals surface area (Å²) in [6.07, 6.45) is 13.2. The van der Waals surface area contributed by atoms with Gasteiger partial charge in [0.15, 0.2) is 5.78 Å². The second kappa shape index (κ2) is 12.1. The number of amides is 1. The second-order valence-corrected chi connectivity index (χ2v) is 13.1. The number of halogens is 1. The van der Waals surface area contributed by atoms with Gasteiger partial charge in [-0.25, -0.2) is 9.97 Å². The zero-order valence-electron chi connectivity index (χ0n) is 27.4. The molecule has 7 rings (SSSR count). The van der Waals surface area contributed by atoms with E-state index in [4.69, 9.17) is 9.72 Å². The van der Waals surface area contributed by atoms with Crippen molar-refractivity contribution < 1.29 is 18.7 Å². The first-order chi connectivity index (χ1) is 22.7. The van der Waals surface area contributed by atoms with Gasteiger partial charge in [0.05, 0.1) is 29.4 Å². The summed E-state index contributed by atoms with van der Waals surface area (Å²) in [5.41, 5.74) is 6.51. The van der Waals surface area contributed by atoms with E-state index in [1.165, 1.54) is 38.3 Å². The molecule has 1 N–H and O–H groups in total. The molecule has 8 nitrogen and oxygen atoms in total. The van der Waals surface area contributed by atoms with Crippen molar-refractivity contribution in [1.29, 1.82) is 0 Å². The van der Waals surface area contributed by atoms with E-state index in [1.54, 1.807) is 25.4 Å². The van der Waals surface area contributed by atoms with E-state index in [0.29, 0.717) is 17.4 Å². The van der Waals surface area contributed by atoms with E-state index in [0.717, 1.165) is 82.2 Å². The van der Waals surface area contributed by atoms with Gasteiger partial charge in [-0.2, -0.15) is 4.39 Å². The number of rotatable bonds is 8. The molecule has 2 aliphatic carbocycles. The van der Waals surface area contributed by atoms with Gasteiger partial charge in [-0.05, 0) is 100 Å². The maximum absolute atomic E-state index is 14.0. The number of aromatic nitrogens is 4. The average molecular weight is 634 g/mol. The predicted octanol–water partition coefficient (Wildman–Crippen LogP) is 7.96. The second-order valence-electron chi connectivity index (χ2n) is 13.1. The van der Waals surface area contributed by atoms with Crippen molar-refractivity contribution in [2.45, 2.75) is 76.8 Å². The number of benzene rings is 2. The molecular formula is C38H40FN5O3. The summed E-state index contributed by atoms with van der Waals surface area (Å²) in [6.45, 7) is 3.60. The minimum atomic E-state index is -0.601. The number of carbonyl (C=O) groups is 2. The van der Waals surface area contributed by atoms with Crippen LogP contribution in [0.4, 0.5) is 4.39 Å². The number of carbonyl (C=O) groups excluding carboxylic acids is 2. The highest BCUT2D eigenvalue weighted by Crippen LogP contribution is 2.44. The molecular weight excluding hydrogens is 593 g/mol. The number of fused-ring (bicyclic) bond motifs is 2. The Balaban J connectivity index is 1.26. The first-order valence-electron chi connectivity index (χ1n) is 16.5. The summed E-state index contributed by atoms with van der Waals surface area (Å²) in [4.78, 5) is 34.6. The summed E-state index contributed by atoms with van der Waals surface area (Å²) in [5.74, 6) is 0.743. The van der Waals surface area contributed by atoms with Crippen LogP contribution in [0.1, 0.15) is 91.6 Å². The van der Waals surface area contributed by atoms with Gasteiger partial charge in [0.1, 0.15) is 11.6 Å². The first kappa shape index (κ1) is 30.8. The fourth-order valence-electron chi connectivity index (χ4n) is 7.61. The molecule has 2 aliphatic rings. The number of nitrogens with one attached hydrogen (secondary N) is 1. The van der Waals surface area contributed by atoms with Crippen LogP contribution in [0.25, 0.3) is 39.3 Å². The number of methoxy groups -OCH3 is 1. The predicted molar refractivity (Wildman–Crippen MR) is 182 cm³/mol. The Bertz CT molecular complexity index is 2050. The smallest absolute Gasteiger partial charge is 0.252 e. The molecule has 2 saturated carbocycles. The fourth-order valence-corrected chi connectivity index (χ4v) is 7.61. The average Bonchev–Trinajstić information content (AvgIpc) is 3.54. The molecule has 2 fully saturated rings. The Hall–Kier alpha value is -4.79. The van der Waals surface area contributed by atoms with E-state index in [2.05, 4.69) is 27.9 Å². The van der Waals surface area contributed by atoms with E-state index < -0.39 is 11.5 Å². The molecule has 0 spiro atoms. The zero-order chi connectivity index (χ0) is 32.9. The van der Waals surface area contributed by atoms with Crippen molar-refractivity contribution in [2.24, 2.45) is 7.05 Å². The van der Waals surface area contributed by atoms with E-state index in [-0.39, 0.29) is 11.7 Å². The Labute approximate surface area is 273 Å². The quantitative estimate of drug-likeness (QED) is 0.138. The van der Waals surface area contributed by atoms with Crippen molar-refractivity contribution in [1.82, 2.24) is 24.4 Å². The number of ether oxygens (including phenoxy) is 1. The van der Waals surface area contributed by atoms with Gasteiger partial charge in [-0.15, -0.1) is 0 Å². The summed E-state index contributed by atoms with van der Waals surface area (Å²) in [6, 6.07) is 13.4. The summed E-state index contributed by atoms with van der Waals surface area (Å²) < 4.78 is 23.9. The number of ketones is 1. The maximum atomic E-state index is 14.0. The monoisotopic (exact) mass is 633 g/mol. The molecule has 0 saturated heterocycles. The Morgan fingerprint density at radius 3 is 2.49 bits per heavy atom. The lowest BCUT2D eigenvalue weighted by molar-refractivity contribution is -0.112. The summed E-state index contributed by atoms with van der Waals surface area (Å²) in [5, 5.41) is 4.40. The van der Waals surface area contributed by atoms with Crippen molar-refractivity contribution >= 4 is 39.7 Å². The third-order valence-electron chi connectivity index (χ3n) is 10.2. The van der Waals surface area contributed by atoms with Crippen LogP contribution < -0.4 is 10.1 Å². The lowest BCUT2D eigenvalue weighted by atomic mass is 9.75. The number of pyridine rings is 1. The van der Waals surface area contributed by atoms with E-state index in [1.807, 2.05) is 35.9 Å². The highest BCUT2D eigenvalue weighted by Gasteiger charge is 2.44. The third kappa shape index (κ3) is 5.41. The van der Waals surface area contributed by atoms with E-state index >= 15 is 0 Å². The van der Waals surface area contributed by atoms with Crippen LogP contribution in [0.2, 0.25) is 0 Å². The highest BCUT2D eigenvalue weighted by molar-refractivity contribution is 6.01. The Morgan fingerprint density at radius 1 is 1.04 bits per heavy atom. The number of allylic oxidation sites excluding steroid dienone is 1. The topological polar surface area (TPSA) is 91.0 Å². The number of aryl methyl sites for hydroxylation is 2. The normalized spacial score (nSPS) is 16.5. The van der Waals surface area contributed by atoms with Crippen molar-refractivity contribution in [3.63, 3.8) is 0 Å². The van der Waals surface area contributed by atoms with Crippen LogP contribution in [0.5, 0.6) is 5.75 Å². The maximum Gasteiger partial charge on any atom is 0.252 e. The minimum absolute atomic E-state index is 0.0448. The molecule has 2 aromatic carbocycles. The Morgan fingerprint density at radius 2 is 1.83 bits per heavy atom. The standard InChI is InChI=1S/C38H40FN5O3/c1-23(45)11-12-25-20-32-30(21-33(25)47-4)41-37(43(32)3)38(17-8-18-38)42-36(46)26-13-15-31-29(19-26)24(2)35(27-14-16-34(39)40-22-27)44(31)28-9-6-5-7-10-28/h11-16,19-22,28H,5-10,17-18H2,1-4H3,(H,42,46)/b12-11+. The Kier molecular flexibility index (Phi) is 7.94. The molecule has 1 amide bonds. The van der Waals surface area contributed by atoms with Gasteiger partial charge in [0, 0.05) is 52.9 Å². The molecule has 0 atom stereocenters. The van der Waals surface area contributed by atoms with Crippen LogP contribution >= 0.6 is 0 Å². The van der Waals surface area contributed by atoms with Crippen LogP contribution in [0.15, 0.2) is 54.7 Å². The third-order valence-corrected chi connectivity index (χ3v) is 10.2. The number of nitrogens with zero attached hydrogens (tertiary/aromatic N) is 4. The number of hydrogen-bond donors (Lipinski definition) is 1. The van der Waals surface area contributed by atoms with Gasteiger partial charge in [-0.3, -0.25) is 9.59 Å². The molecule has 9 heteroatoms. The molecule has 3 aromatic heterocycles. The van der Waals surface area contributed by atoms with Crippen LogP contribution in [0.3, 0.4) is 0 Å². The number of imidazole rings is 1. The number of hydrogen-bond acceptors (Lipinski definition) is 5. The molecule has 47 heavy (non-hydrogen) atoms. The fraction of sp³-hybridized carbons (Fsp3) is 0.368. The van der Waals surface area contributed by atoms with E-state index in [9.17, 15) is 14.0 Å². The van der Waals surface area contributed by atoms with Crippen molar-refractivity contribution in [3.05, 3.63) is 83.2 Å². The van der Waals surface area contributed by atoms with Crippen LogP contribution in [-0.4, -0.2) is 37.9 Å². The zero-order valence-corrected chi connectivity index (χ0v) is 27.4. The molecule has 3 heterocycles. The minimum Gasteiger partial charge on any atom is -0.496 e. The van der Waals surface area contributed by atoms with Crippen molar-refractivity contribution in [3.8, 4) is 17.0 Å². The van der Waals surface area contributed by atoms with Gasteiger partial charge in [0.25, 0.3) is 5.91 Å². The molecule has 242 valence electrons. The lowest BCUT2D eigenvalue weighted by Gasteiger charge is -2.41.